The molecule has 0 bridgehead atoms. The third kappa shape index (κ3) is 5.92. The molecule has 0 aliphatic carbocycles. The van der Waals surface area contributed by atoms with Crippen LogP contribution in [0, 0.1) is 0 Å². The van der Waals surface area contributed by atoms with E-state index in [9.17, 15) is 4.79 Å². The van der Waals surface area contributed by atoms with Crippen molar-refractivity contribution in [2.45, 2.75) is 26.3 Å². The molecular formula is C11H23N3O2. The Balaban J connectivity index is 1.96. The second kappa shape index (κ2) is 7.46. The van der Waals surface area contributed by atoms with Crippen LogP contribution in [0.2, 0.25) is 0 Å². The standard InChI is InChI=1S/C11H23N3O2/c1-10(2)13-11(15)12-4-3-5-14-6-8-16-9-7-14/h10H,3-9H2,1-2H3,(H2,12,13,15). The first-order chi connectivity index (χ1) is 7.68. The number of hydrogen-bond acceptors (Lipinski definition) is 3. The summed E-state index contributed by atoms with van der Waals surface area (Å²) in [7, 11) is 0. The first kappa shape index (κ1) is 13.3. The zero-order valence-corrected chi connectivity index (χ0v) is 10.3. The summed E-state index contributed by atoms with van der Waals surface area (Å²) in [6.07, 6.45) is 0.992. The van der Waals surface area contributed by atoms with Gasteiger partial charge in [0.25, 0.3) is 0 Å². The zero-order valence-electron chi connectivity index (χ0n) is 10.3. The van der Waals surface area contributed by atoms with Crippen LogP contribution in [-0.2, 0) is 4.74 Å². The molecule has 2 amide bonds. The molecule has 2 N–H and O–H groups in total. The Bertz CT molecular complexity index is 203. The van der Waals surface area contributed by atoms with Crippen molar-refractivity contribution in [1.29, 1.82) is 0 Å². The molecule has 0 atom stereocenters. The quantitative estimate of drug-likeness (QED) is 0.672. The minimum absolute atomic E-state index is 0.0722. The molecule has 1 rings (SSSR count). The SMILES string of the molecule is CC(C)NC(=O)NCCCN1CCOCC1. The highest BCUT2D eigenvalue weighted by Gasteiger charge is 2.09. The molecule has 0 aromatic heterocycles. The number of nitrogens with zero attached hydrogens (tertiary/aromatic N) is 1. The maximum atomic E-state index is 11.2. The van der Waals surface area contributed by atoms with E-state index >= 15 is 0 Å². The number of ether oxygens (including phenoxy) is 1. The molecule has 0 spiro atoms. The van der Waals surface area contributed by atoms with Crippen LogP contribution in [-0.4, -0.2) is 56.4 Å². The van der Waals surface area contributed by atoms with Gasteiger partial charge in [-0.05, 0) is 26.8 Å². The van der Waals surface area contributed by atoms with Crippen LogP contribution in [0.1, 0.15) is 20.3 Å². The van der Waals surface area contributed by atoms with Crippen LogP contribution >= 0.6 is 0 Å². The van der Waals surface area contributed by atoms with E-state index in [0.29, 0.717) is 0 Å². The molecule has 1 aliphatic rings. The van der Waals surface area contributed by atoms with Crippen LogP contribution in [0.25, 0.3) is 0 Å². The lowest BCUT2D eigenvalue weighted by molar-refractivity contribution is 0.0375. The van der Waals surface area contributed by atoms with E-state index in [1.807, 2.05) is 13.8 Å². The van der Waals surface area contributed by atoms with Crippen LogP contribution in [0.5, 0.6) is 0 Å². The molecule has 1 aliphatic heterocycles. The Hall–Kier alpha value is -0.810. The summed E-state index contributed by atoms with van der Waals surface area (Å²) in [5, 5.41) is 5.64. The van der Waals surface area contributed by atoms with Gasteiger partial charge in [0.15, 0.2) is 0 Å². The van der Waals surface area contributed by atoms with Gasteiger partial charge in [-0.1, -0.05) is 0 Å². The molecule has 5 heteroatoms. The lowest BCUT2D eigenvalue weighted by atomic mass is 10.3. The summed E-state index contributed by atoms with van der Waals surface area (Å²) in [6.45, 7) is 9.36. The van der Waals surface area contributed by atoms with Gasteiger partial charge in [0.1, 0.15) is 0 Å². The number of nitrogens with one attached hydrogen (secondary N) is 2. The van der Waals surface area contributed by atoms with Gasteiger partial charge in [0, 0.05) is 25.7 Å². The average molecular weight is 229 g/mol. The summed E-state index contributed by atoms with van der Waals surface area (Å²) in [6, 6.07) is 0.122. The number of carbonyl (C=O) groups excluding carboxylic acids is 1. The molecule has 94 valence electrons. The van der Waals surface area contributed by atoms with Gasteiger partial charge in [-0.15, -0.1) is 0 Å². The number of amides is 2. The van der Waals surface area contributed by atoms with Crippen molar-refractivity contribution in [3.05, 3.63) is 0 Å². The van der Waals surface area contributed by atoms with Crippen molar-refractivity contribution >= 4 is 6.03 Å². The normalized spacial score (nSPS) is 17.4. The summed E-state index contributed by atoms with van der Waals surface area (Å²) in [5.41, 5.74) is 0. The Morgan fingerprint density at radius 2 is 2.06 bits per heavy atom. The predicted molar refractivity (Wildman–Crippen MR) is 63.5 cm³/mol. The number of morpholine rings is 1. The third-order valence-corrected chi connectivity index (χ3v) is 2.46. The van der Waals surface area contributed by atoms with Gasteiger partial charge in [0.2, 0.25) is 0 Å². The van der Waals surface area contributed by atoms with Crippen LogP contribution in [0.15, 0.2) is 0 Å². The second-order valence-corrected chi connectivity index (χ2v) is 4.36. The lowest BCUT2D eigenvalue weighted by Gasteiger charge is -2.26. The highest BCUT2D eigenvalue weighted by atomic mass is 16.5. The van der Waals surface area contributed by atoms with E-state index in [0.717, 1.165) is 45.8 Å². The fraction of sp³-hybridized carbons (Fsp3) is 0.909. The second-order valence-electron chi connectivity index (χ2n) is 4.36. The smallest absolute Gasteiger partial charge is 0.314 e. The first-order valence-corrected chi connectivity index (χ1v) is 6.03. The van der Waals surface area contributed by atoms with Gasteiger partial charge in [-0.3, -0.25) is 4.90 Å². The van der Waals surface area contributed by atoms with Crippen molar-refractivity contribution in [2.24, 2.45) is 0 Å². The van der Waals surface area contributed by atoms with Crippen molar-refractivity contribution in [2.75, 3.05) is 39.4 Å². The number of carbonyl (C=O) groups is 1. The molecule has 1 fully saturated rings. The molecule has 5 nitrogen and oxygen atoms in total. The summed E-state index contributed by atoms with van der Waals surface area (Å²) >= 11 is 0. The first-order valence-electron chi connectivity index (χ1n) is 6.03. The summed E-state index contributed by atoms with van der Waals surface area (Å²) in [5.74, 6) is 0. The fourth-order valence-electron chi connectivity index (χ4n) is 1.64. The molecular weight excluding hydrogens is 206 g/mol. The summed E-state index contributed by atoms with van der Waals surface area (Å²) < 4.78 is 5.27. The zero-order chi connectivity index (χ0) is 11.8. The number of rotatable bonds is 5. The Kier molecular flexibility index (Phi) is 6.18. The van der Waals surface area contributed by atoms with E-state index in [1.54, 1.807) is 0 Å². The van der Waals surface area contributed by atoms with Crippen LogP contribution < -0.4 is 10.6 Å². The minimum Gasteiger partial charge on any atom is -0.379 e. The minimum atomic E-state index is -0.0722. The maximum Gasteiger partial charge on any atom is 0.314 e. The van der Waals surface area contributed by atoms with E-state index in [-0.39, 0.29) is 12.1 Å². The monoisotopic (exact) mass is 229 g/mol. The molecule has 0 unspecified atom stereocenters. The molecule has 1 heterocycles. The predicted octanol–water partition coefficient (Wildman–Crippen LogP) is 0.416. The van der Waals surface area contributed by atoms with E-state index in [4.69, 9.17) is 4.74 Å². The molecule has 16 heavy (non-hydrogen) atoms. The Morgan fingerprint density at radius 3 is 2.69 bits per heavy atom. The summed E-state index contributed by atoms with van der Waals surface area (Å²) in [4.78, 5) is 13.6. The average Bonchev–Trinajstić information content (AvgIpc) is 2.25. The van der Waals surface area contributed by atoms with E-state index in [2.05, 4.69) is 15.5 Å². The molecule has 0 aromatic carbocycles. The highest BCUT2D eigenvalue weighted by Crippen LogP contribution is 1.97. The lowest BCUT2D eigenvalue weighted by Crippen LogP contribution is -2.41. The molecule has 0 radical (unpaired) electrons. The fourth-order valence-corrected chi connectivity index (χ4v) is 1.64. The molecule has 0 saturated carbocycles. The number of hydrogen-bond donors (Lipinski definition) is 2. The topological polar surface area (TPSA) is 53.6 Å². The molecule has 0 aromatic rings. The van der Waals surface area contributed by atoms with Gasteiger partial charge in [0.05, 0.1) is 13.2 Å². The van der Waals surface area contributed by atoms with E-state index < -0.39 is 0 Å². The van der Waals surface area contributed by atoms with Crippen LogP contribution in [0.4, 0.5) is 4.79 Å². The Labute approximate surface area is 97.5 Å². The molecule has 1 saturated heterocycles. The van der Waals surface area contributed by atoms with Crippen molar-refractivity contribution in [1.82, 2.24) is 15.5 Å². The highest BCUT2D eigenvalue weighted by molar-refractivity contribution is 5.73. The van der Waals surface area contributed by atoms with Gasteiger partial charge >= 0.3 is 6.03 Å². The third-order valence-electron chi connectivity index (χ3n) is 2.46. The Morgan fingerprint density at radius 1 is 1.38 bits per heavy atom. The van der Waals surface area contributed by atoms with E-state index in [1.165, 1.54) is 0 Å². The number of urea groups is 1. The largest absolute Gasteiger partial charge is 0.379 e. The van der Waals surface area contributed by atoms with Crippen molar-refractivity contribution in [3.8, 4) is 0 Å². The van der Waals surface area contributed by atoms with Crippen molar-refractivity contribution in [3.63, 3.8) is 0 Å². The van der Waals surface area contributed by atoms with Crippen LogP contribution in [0.3, 0.4) is 0 Å². The van der Waals surface area contributed by atoms with Gasteiger partial charge in [-0.25, -0.2) is 4.79 Å². The maximum absolute atomic E-state index is 11.2. The van der Waals surface area contributed by atoms with Gasteiger partial charge in [-0.2, -0.15) is 0 Å². The van der Waals surface area contributed by atoms with Crippen molar-refractivity contribution < 1.29 is 9.53 Å². The van der Waals surface area contributed by atoms with Gasteiger partial charge < -0.3 is 15.4 Å².